The molecule has 0 bridgehead atoms. The van der Waals surface area contributed by atoms with E-state index in [0.717, 1.165) is 5.56 Å². The van der Waals surface area contributed by atoms with E-state index in [2.05, 4.69) is 10.5 Å². The molecule has 1 unspecified atom stereocenters. The molecule has 0 aromatic heterocycles. The number of hydrogen-bond acceptors (Lipinski definition) is 6. The molecule has 0 aliphatic carbocycles. The zero-order chi connectivity index (χ0) is 27.8. The van der Waals surface area contributed by atoms with Gasteiger partial charge in [0, 0.05) is 18.0 Å². The van der Waals surface area contributed by atoms with Gasteiger partial charge in [0.05, 0.1) is 28.4 Å². The first-order valence-corrected chi connectivity index (χ1v) is 13.2. The number of amides is 2. The Morgan fingerprint density at radius 1 is 1.03 bits per heavy atom. The van der Waals surface area contributed by atoms with Crippen LogP contribution < -0.4 is 10.1 Å². The number of halogens is 3. The number of nitrogens with zero attached hydrogens (tertiary/aromatic N) is 2. The number of carbonyl (C=O) groups is 2. The van der Waals surface area contributed by atoms with Crippen LogP contribution in [0.5, 0.6) is 5.75 Å². The predicted octanol–water partition coefficient (Wildman–Crippen LogP) is 5.05. The molecule has 204 valence electrons. The molecule has 8 nitrogen and oxygen atoms in total. The number of hydrogen-bond donors (Lipinski definition) is 2. The number of aliphatic hydroxyl groups excluding tert-OH is 1. The van der Waals surface area contributed by atoms with Crippen LogP contribution in [-0.2, 0) is 21.0 Å². The van der Waals surface area contributed by atoms with Gasteiger partial charge >= 0.3 is 0 Å². The molecular formula is C28H26Cl3N3O5. The van der Waals surface area contributed by atoms with E-state index in [4.69, 9.17) is 44.4 Å². The maximum absolute atomic E-state index is 13.1. The molecule has 3 aromatic rings. The predicted molar refractivity (Wildman–Crippen MR) is 150 cm³/mol. The van der Waals surface area contributed by atoms with E-state index in [1.807, 2.05) is 6.07 Å². The van der Waals surface area contributed by atoms with Gasteiger partial charge < -0.3 is 24.9 Å². The molecule has 1 aliphatic heterocycles. The Morgan fingerprint density at radius 3 is 2.49 bits per heavy atom. The molecule has 1 fully saturated rings. The van der Waals surface area contributed by atoms with Crippen LogP contribution in [0.4, 0.5) is 0 Å². The van der Waals surface area contributed by atoms with E-state index in [0.29, 0.717) is 32.1 Å². The summed E-state index contributed by atoms with van der Waals surface area (Å²) < 4.78 is 5.60. The highest BCUT2D eigenvalue weighted by Crippen LogP contribution is 2.24. The van der Waals surface area contributed by atoms with Crippen molar-refractivity contribution in [3.8, 4) is 5.75 Å². The maximum atomic E-state index is 13.1. The summed E-state index contributed by atoms with van der Waals surface area (Å²) in [6.07, 6.45) is -0.724. The topological polar surface area (TPSA) is 100 Å². The fourth-order valence-corrected chi connectivity index (χ4v) is 4.41. The molecule has 39 heavy (non-hydrogen) atoms. The van der Waals surface area contributed by atoms with Crippen LogP contribution in [0.25, 0.3) is 0 Å². The van der Waals surface area contributed by atoms with Crippen molar-refractivity contribution < 1.29 is 24.3 Å². The second-order valence-electron chi connectivity index (χ2n) is 8.84. The second-order valence-corrected chi connectivity index (χ2v) is 10.1. The van der Waals surface area contributed by atoms with E-state index >= 15 is 0 Å². The third-order valence-corrected chi connectivity index (χ3v) is 7.01. The van der Waals surface area contributed by atoms with Gasteiger partial charge in [-0.1, -0.05) is 76.4 Å². The molecule has 2 N–H and O–H groups in total. The van der Waals surface area contributed by atoms with Gasteiger partial charge in [0.1, 0.15) is 18.4 Å². The molecule has 3 aromatic carbocycles. The van der Waals surface area contributed by atoms with E-state index in [1.54, 1.807) is 66.7 Å². The van der Waals surface area contributed by atoms with Crippen molar-refractivity contribution in [2.45, 2.75) is 25.2 Å². The average Bonchev–Trinajstić information content (AvgIpc) is 3.38. The summed E-state index contributed by atoms with van der Waals surface area (Å²) in [6.45, 7) is -0.0733. The van der Waals surface area contributed by atoms with Crippen LogP contribution >= 0.6 is 34.8 Å². The lowest BCUT2D eigenvalue weighted by molar-refractivity contribution is -0.140. The van der Waals surface area contributed by atoms with Crippen molar-refractivity contribution in [1.82, 2.24) is 10.2 Å². The van der Waals surface area contributed by atoms with Crippen LogP contribution in [0.3, 0.4) is 0 Å². The summed E-state index contributed by atoms with van der Waals surface area (Å²) >= 11 is 17.9. The van der Waals surface area contributed by atoms with Crippen molar-refractivity contribution in [3.63, 3.8) is 0 Å². The Kier molecular flexibility index (Phi) is 10.1. The highest BCUT2D eigenvalue weighted by molar-refractivity contribution is 6.42. The van der Waals surface area contributed by atoms with Crippen LogP contribution in [0.15, 0.2) is 78.0 Å². The summed E-state index contributed by atoms with van der Waals surface area (Å²) in [5, 5.41) is 18.7. The van der Waals surface area contributed by atoms with Gasteiger partial charge in [-0.15, -0.1) is 0 Å². The molecule has 11 heteroatoms. The number of ether oxygens (including phenoxy) is 1. The Labute approximate surface area is 241 Å². The van der Waals surface area contributed by atoms with Gasteiger partial charge in [-0.2, -0.15) is 0 Å². The van der Waals surface area contributed by atoms with E-state index in [-0.39, 0.29) is 32.7 Å². The quantitative estimate of drug-likeness (QED) is 0.322. The van der Waals surface area contributed by atoms with E-state index in [9.17, 15) is 14.7 Å². The summed E-state index contributed by atoms with van der Waals surface area (Å²) in [6, 6.07) is 19.9. The number of oxime groups is 1. The number of nitrogens with one attached hydrogen (secondary N) is 1. The fraction of sp³-hybridized carbons (Fsp3) is 0.250. The molecule has 4 rings (SSSR count). The van der Waals surface area contributed by atoms with Crippen LogP contribution in [0.1, 0.15) is 23.7 Å². The van der Waals surface area contributed by atoms with Crippen molar-refractivity contribution in [2.75, 3.05) is 19.7 Å². The number of rotatable bonds is 10. The molecule has 1 saturated heterocycles. The third kappa shape index (κ3) is 8.10. The first kappa shape index (κ1) is 28.7. The molecule has 2 atom stereocenters. The lowest BCUT2D eigenvalue weighted by Gasteiger charge is -2.24. The van der Waals surface area contributed by atoms with Gasteiger partial charge in [-0.3, -0.25) is 9.59 Å². The molecule has 0 saturated carbocycles. The van der Waals surface area contributed by atoms with Crippen LogP contribution in [0.2, 0.25) is 15.1 Å². The molecule has 0 radical (unpaired) electrons. The molecular weight excluding hydrogens is 565 g/mol. The van der Waals surface area contributed by atoms with Gasteiger partial charge in [0.2, 0.25) is 5.91 Å². The highest BCUT2D eigenvalue weighted by atomic mass is 35.5. The Bertz CT molecular complexity index is 1320. The Morgan fingerprint density at radius 2 is 1.77 bits per heavy atom. The first-order valence-electron chi connectivity index (χ1n) is 12.1. The minimum absolute atomic E-state index is 0.0110. The molecule has 0 spiro atoms. The fourth-order valence-electron chi connectivity index (χ4n) is 3.96. The summed E-state index contributed by atoms with van der Waals surface area (Å²) in [5.74, 6) is -0.347. The van der Waals surface area contributed by atoms with Gasteiger partial charge in [0.15, 0.2) is 6.61 Å². The summed E-state index contributed by atoms with van der Waals surface area (Å²) in [7, 11) is 0. The Balaban J connectivity index is 1.41. The van der Waals surface area contributed by atoms with Crippen LogP contribution in [-0.4, -0.2) is 53.3 Å². The Hall–Kier alpha value is -3.30. The van der Waals surface area contributed by atoms with Crippen molar-refractivity contribution in [3.05, 3.63) is 99.0 Å². The zero-order valence-electron chi connectivity index (χ0n) is 20.7. The maximum Gasteiger partial charge on any atom is 0.261 e. The number of carbonyl (C=O) groups excluding carboxylic acids is 2. The summed E-state index contributed by atoms with van der Waals surface area (Å²) in [4.78, 5) is 33.1. The van der Waals surface area contributed by atoms with E-state index in [1.165, 1.54) is 4.90 Å². The number of aliphatic hydroxyl groups is 1. The van der Waals surface area contributed by atoms with Gasteiger partial charge in [0.25, 0.3) is 5.91 Å². The SMILES string of the molecule is O=C(NCC(O)c1ccccc1)[C@@H]1C/C(=N\OCc2ccc(Cl)c(Cl)c2)CN1C(=O)COc1ccc(Cl)cc1. The van der Waals surface area contributed by atoms with Gasteiger partial charge in [-0.05, 0) is 47.5 Å². The van der Waals surface area contributed by atoms with Crippen molar-refractivity contribution in [1.29, 1.82) is 0 Å². The number of benzene rings is 3. The number of likely N-dealkylation sites (tertiary alicyclic amines) is 1. The van der Waals surface area contributed by atoms with Gasteiger partial charge in [-0.25, -0.2) is 0 Å². The molecule has 2 amide bonds. The molecule has 1 aliphatic rings. The third-order valence-electron chi connectivity index (χ3n) is 6.02. The minimum atomic E-state index is -0.892. The largest absolute Gasteiger partial charge is 0.484 e. The smallest absolute Gasteiger partial charge is 0.261 e. The van der Waals surface area contributed by atoms with E-state index < -0.39 is 24.0 Å². The van der Waals surface area contributed by atoms with Crippen molar-refractivity contribution in [2.24, 2.45) is 5.16 Å². The zero-order valence-corrected chi connectivity index (χ0v) is 23.0. The molecule has 1 heterocycles. The minimum Gasteiger partial charge on any atom is -0.484 e. The monoisotopic (exact) mass is 589 g/mol. The highest BCUT2D eigenvalue weighted by Gasteiger charge is 2.38. The van der Waals surface area contributed by atoms with Crippen molar-refractivity contribution >= 4 is 52.3 Å². The summed E-state index contributed by atoms with van der Waals surface area (Å²) in [5.41, 5.74) is 1.95. The average molecular weight is 591 g/mol. The first-order chi connectivity index (χ1) is 18.8. The standard InChI is InChI=1S/C28H26Cl3N3O5/c29-20-7-9-22(10-8-20)38-17-27(36)34-15-21(33-39-16-18-6-11-23(30)24(31)12-18)13-25(34)28(37)32-14-26(35)19-4-2-1-3-5-19/h1-12,25-26,35H,13-17H2,(H,32,37)/b33-21+/t25-,26?/m0/s1. The lowest BCUT2D eigenvalue weighted by atomic mass is 10.1. The lowest BCUT2D eigenvalue weighted by Crippen LogP contribution is -2.48. The second kappa shape index (κ2) is 13.7. The van der Waals surface area contributed by atoms with Crippen LogP contribution in [0, 0.1) is 0 Å². The normalized spacial score (nSPS) is 16.7.